The lowest BCUT2D eigenvalue weighted by atomic mass is 9.51. The summed E-state index contributed by atoms with van der Waals surface area (Å²) in [7, 11) is 4.11. The summed E-state index contributed by atoms with van der Waals surface area (Å²) in [4.78, 5) is 25.6. The van der Waals surface area contributed by atoms with E-state index >= 15 is 0 Å². The van der Waals surface area contributed by atoms with Crippen molar-refractivity contribution in [2.24, 2.45) is 17.3 Å². The molecule has 0 unspecified atom stereocenters. The Balaban J connectivity index is 1.58. The minimum Gasteiger partial charge on any atom is -0.462 e. The van der Waals surface area contributed by atoms with Crippen molar-refractivity contribution in [3.8, 4) is 0 Å². The van der Waals surface area contributed by atoms with Crippen LogP contribution in [0.5, 0.6) is 0 Å². The molecule has 0 bridgehead atoms. The third kappa shape index (κ3) is 4.15. The van der Waals surface area contributed by atoms with Crippen LogP contribution in [0.3, 0.4) is 0 Å². The molecule has 0 saturated heterocycles. The third-order valence-corrected chi connectivity index (χ3v) is 9.54. The quantitative estimate of drug-likeness (QED) is 0.437. The van der Waals surface area contributed by atoms with Crippen molar-refractivity contribution in [1.29, 1.82) is 0 Å². The summed E-state index contributed by atoms with van der Waals surface area (Å²) >= 11 is 0. The monoisotopic (exact) mass is 489 g/mol. The highest BCUT2D eigenvalue weighted by Crippen LogP contribution is 2.67. The van der Waals surface area contributed by atoms with E-state index in [2.05, 4.69) is 50.2 Å². The predicted octanol–water partition coefficient (Wildman–Crippen LogP) is 5.50. The van der Waals surface area contributed by atoms with Crippen molar-refractivity contribution in [3.63, 3.8) is 0 Å². The first kappa shape index (κ1) is 25.0. The van der Waals surface area contributed by atoms with Crippen LogP contribution < -0.4 is 4.90 Å². The molecule has 2 fully saturated rings. The molecule has 36 heavy (non-hydrogen) atoms. The molecule has 1 N–H and O–H groups in total. The van der Waals surface area contributed by atoms with Gasteiger partial charge in [0, 0.05) is 44.5 Å². The second-order valence-electron chi connectivity index (χ2n) is 11.6. The molecule has 1 aromatic rings. The zero-order valence-electron chi connectivity index (χ0n) is 22.0. The number of hydrogen-bond donors (Lipinski definition) is 1. The highest BCUT2D eigenvalue weighted by atomic mass is 16.5. The fraction of sp³-hybridized carbons (Fsp3) is 0.548. The number of anilines is 1. The van der Waals surface area contributed by atoms with E-state index in [4.69, 9.17) is 4.74 Å². The number of ether oxygens (including phenoxy) is 1. The number of nitrogens with zero attached hydrogens (tertiary/aromatic N) is 1. The standard InChI is InChI=1S/C31H39NO4/c1-20(33)36-17-5-15-31(35)16-14-28-26-12-8-22-18-24(34)11-13-25(22)29(26)27(19-30(28,31)2)21-6-9-23(10-7-21)32(3)4/h5-7,9-10,15,18,26-28,35H,8,11-14,16-17,19H2,1-4H3/b15-5-/t26-,27+,28-,30-,31-/m0/s1. The van der Waals surface area contributed by atoms with Crippen molar-refractivity contribution in [2.45, 2.75) is 70.3 Å². The van der Waals surface area contributed by atoms with Crippen molar-refractivity contribution in [1.82, 2.24) is 0 Å². The van der Waals surface area contributed by atoms with Gasteiger partial charge in [0.05, 0.1) is 5.60 Å². The van der Waals surface area contributed by atoms with Crippen LogP contribution in [0, 0.1) is 17.3 Å². The van der Waals surface area contributed by atoms with E-state index in [1.165, 1.54) is 34.9 Å². The number of fused-ring (bicyclic) bond motifs is 4. The molecule has 5 atom stereocenters. The summed E-state index contributed by atoms with van der Waals surface area (Å²) in [5.74, 6) is 0.965. The molecule has 5 nitrogen and oxygen atoms in total. The van der Waals surface area contributed by atoms with Crippen molar-refractivity contribution >= 4 is 17.4 Å². The number of aliphatic hydroxyl groups is 1. The fourth-order valence-electron chi connectivity index (χ4n) is 7.68. The smallest absolute Gasteiger partial charge is 0.302 e. The minimum atomic E-state index is -0.936. The lowest BCUT2D eigenvalue weighted by Gasteiger charge is -2.54. The number of benzene rings is 1. The van der Waals surface area contributed by atoms with E-state index in [1.54, 1.807) is 0 Å². The maximum atomic E-state index is 12.2. The van der Waals surface area contributed by atoms with Crippen molar-refractivity contribution in [2.75, 3.05) is 25.6 Å². The summed E-state index contributed by atoms with van der Waals surface area (Å²) in [6.45, 7) is 3.87. The van der Waals surface area contributed by atoms with Gasteiger partial charge in [0.25, 0.3) is 0 Å². The molecule has 0 amide bonds. The summed E-state index contributed by atoms with van der Waals surface area (Å²) in [6, 6.07) is 8.89. The van der Waals surface area contributed by atoms with E-state index < -0.39 is 5.60 Å². The van der Waals surface area contributed by atoms with Gasteiger partial charge in [-0.25, -0.2) is 0 Å². The van der Waals surface area contributed by atoms with Crippen LogP contribution in [0.1, 0.15) is 70.3 Å². The molecule has 0 aromatic heterocycles. The van der Waals surface area contributed by atoms with Crippen LogP contribution >= 0.6 is 0 Å². The second kappa shape index (κ2) is 9.33. The Morgan fingerprint density at radius 3 is 2.61 bits per heavy atom. The third-order valence-electron chi connectivity index (χ3n) is 9.54. The maximum Gasteiger partial charge on any atom is 0.302 e. The number of ketones is 1. The van der Waals surface area contributed by atoms with Gasteiger partial charge >= 0.3 is 5.97 Å². The van der Waals surface area contributed by atoms with Crippen LogP contribution in [0.2, 0.25) is 0 Å². The topological polar surface area (TPSA) is 66.8 Å². The Labute approximate surface area is 214 Å². The molecule has 192 valence electrons. The van der Waals surface area contributed by atoms with Crippen molar-refractivity contribution in [3.05, 3.63) is 64.8 Å². The van der Waals surface area contributed by atoms with Crippen LogP contribution in [0.25, 0.3) is 0 Å². The van der Waals surface area contributed by atoms with E-state index in [9.17, 15) is 14.7 Å². The maximum absolute atomic E-state index is 12.2. The largest absolute Gasteiger partial charge is 0.462 e. The number of carbonyl (C=O) groups excluding carboxylic acids is 2. The number of carbonyl (C=O) groups is 2. The van der Waals surface area contributed by atoms with Gasteiger partial charge in [0.2, 0.25) is 0 Å². The Morgan fingerprint density at radius 2 is 1.92 bits per heavy atom. The fourth-order valence-corrected chi connectivity index (χ4v) is 7.68. The minimum absolute atomic E-state index is 0.189. The van der Waals surface area contributed by atoms with Gasteiger partial charge in [-0.15, -0.1) is 0 Å². The molecule has 5 rings (SSSR count). The number of rotatable bonds is 5. The lowest BCUT2D eigenvalue weighted by Crippen LogP contribution is -2.50. The Morgan fingerprint density at radius 1 is 1.17 bits per heavy atom. The van der Waals surface area contributed by atoms with E-state index in [0.29, 0.717) is 18.3 Å². The molecular weight excluding hydrogens is 450 g/mol. The molecular formula is C31H39NO4. The Kier molecular flexibility index (Phi) is 6.48. The zero-order valence-corrected chi connectivity index (χ0v) is 22.0. The highest BCUT2D eigenvalue weighted by molar-refractivity contribution is 5.93. The summed E-state index contributed by atoms with van der Waals surface area (Å²) in [6.07, 6.45) is 11.6. The summed E-state index contributed by atoms with van der Waals surface area (Å²) in [5.41, 5.74) is 5.46. The summed E-state index contributed by atoms with van der Waals surface area (Å²) in [5, 5.41) is 12.0. The molecule has 4 aliphatic carbocycles. The second-order valence-corrected chi connectivity index (χ2v) is 11.6. The van der Waals surface area contributed by atoms with E-state index in [-0.39, 0.29) is 29.7 Å². The van der Waals surface area contributed by atoms with Gasteiger partial charge in [-0.2, -0.15) is 0 Å². The number of hydrogen-bond acceptors (Lipinski definition) is 5. The van der Waals surface area contributed by atoms with Gasteiger partial charge < -0.3 is 14.7 Å². The molecule has 2 saturated carbocycles. The van der Waals surface area contributed by atoms with Gasteiger partial charge in [0.15, 0.2) is 5.78 Å². The molecule has 5 heteroatoms. The molecule has 0 radical (unpaired) electrons. The van der Waals surface area contributed by atoms with Crippen LogP contribution in [-0.4, -0.2) is 43.2 Å². The average Bonchev–Trinajstić information content (AvgIpc) is 3.11. The molecule has 0 heterocycles. The SMILES string of the molecule is CC(=O)OC/C=C\[C@]1(O)CC[C@H]2[C@@H]3CCC4=CC(=O)CCC4=C3[C@@H](c3ccc(N(C)C)cc3)C[C@@]21C. The van der Waals surface area contributed by atoms with Crippen LogP contribution in [0.15, 0.2) is 59.2 Å². The molecule has 0 aliphatic heterocycles. The molecule has 1 aromatic carbocycles. The first-order valence-electron chi connectivity index (χ1n) is 13.4. The van der Waals surface area contributed by atoms with Gasteiger partial charge in [-0.3, -0.25) is 9.59 Å². The number of allylic oxidation sites excluding steroid dienone is 4. The highest BCUT2D eigenvalue weighted by Gasteiger charge is 2.61. The number of esters is 1. The molecule has 0 spiro atoms. The van der Waals surface area contributed by atoms with E-state index in [0.717, 1.165) is 38.5 Å². The first-order chi connectivity index (χ1) is 17.1. The predicted molar refractivity (Wildman–Crippen MR) is 142 cm³/mol. The van der Waals surface area contributed by atoms with Crippen LogP contribution in [0.4, 0.5) is 5.69 Å². The van der Waals surface area contributed by atoms with Crippen molar-refractivity contribution < 1.29 is 19.4 Å². The van der Waals surface area contributed by atoms with Gasteiger partial charge in [-0.1, -0.05) is 30.7 Å². The average molecular weight is 490 g/mol. The van der Waals surface area contributed by atoms with E-state index in [1.807, 2.05) is 18.2 Å². The van der Waals surface area contributed by atoms with Gasteiger partial charge in [0.1, 0.15) is 6.61 Å². The lowest BCUT2D eigenvalue weighted by molar-refractivity contribution is -0.139. The Hall–Kier alpha value is -2.66. The van der Waals surface area contributed by atoms with Gasteiger partial charge in [-0.05, 0) is 91.4 Å². The Bertz CT molecular complexity index is 1140. The van der Waals surface area contributed by atoms with Crippen LogP contribution in [-0.2, 0) is 14.3 Å². The zero-order chi connectivity index (χ0) is 25.7. The first-order valence-corrected chi connectivity index (χ1v) is 13.4. The summed E-state index contributed by atoms with van der Waals surface area (Å²) < 4.78 is 5.11. The molecule has 4 aliphatic rings. The normalized spacial score (nSPS) is 33.6.